The zero-order valence-corrected chi connectivity index (χ0v) is 13.0. The van der Waals surface area contributed by atoms with Crippen LogP contribution < -0.4 is 0 Å². The molecule has 0 aromatic heterocycles. The number of hydrogen-bond donors (Lipinski definition) is 0. The van der Waals surface area contributed by atoms with Crippen LogP contribution in [-0.4, -0.2) is 31.2 Å². The van der Waals surface area contributed by atoms with Crippen LogP contribution in [0.3, 0.4) is 0 Å². The summed E-state index contributed by atoms with van der Waals surface area (Å²) >= 11 is 5.77. The zero-order valence-electron chi connectivity index (χ0n) is 11.4. The van der Waals surface area contributed by atoms with E-state index >= 15 is 0 Å². The first-order valence-corrected chi connectivity index (χ1v) is 8.59. The topological polar surface area (TPSA) is 37.4 Å². The van der Waals surface area contributed by atoms with Crippen LogP contribution in [0.15, 0.2) is 23.1 Å². The van der Waals surface area contributed by atoms with Crippen LogP contribution in [0.25, 0.3) is 0 Å². The number of benzene rings is 1. The smallest absolute Gasteiger partial charge is 0.207 e. The predicted octanol–water partition coefficient (Wildman–Crippen LogP) is 3.09. The summed E-state index contributed by atoms with van der Waals surface area (Å²) in [6, 6.07) is 5.44. The Hall–Kier alpha value is -0.580. The zero-order chi connectivity index (χ0) is 14.0. The van der Waals surface area contributed by atoms with E-state index < -0.39 is 10.0 Å². The van der Waals surface area contributed by atoms with Crippen molar-refractivity contribution in [3.63, 3.8) is 0 Å². The Kier molecular flexibility index (Phi) is 4.54. The number of hydrogen-bond acceptors (Lipinski definition) is 2. The second-order valence-electron chi connectivity index (χ2n) is 5.14. The van der Waals surface area contributed by atoms with Crippen molar-refractivity contribution in [3.8, 4) is 0 Å². The van der Waals surface area contributed by atoms with Crippen LogP contribution in [0.2, 0.25) is 0 Å². The van der Waals surface area contributed by atoms with Crippen molar-refractivity contribution in [2.75, 3.05) is 12.4 Å². The Balaban J connectivity index is 2.35. The highest BCUT2D eigenvalue weighted by atomic mass is 35.5. The molecule has 0 aliphatic heterocycles. The normalized spacial score (nSPS) is 16.6. The van der Waals surface area contributed by atoms with Gasteiger partial charge in [0.1, 0.15) is 0 Å². The molecule has 0 bridgehead atoms. The van der Waals surface area contributed by atoms with Gasteiger partial charge in [-0.05, 0) is 49.9 Å². The molecule has 0 N–H and O–H groups in total. The lowest BCUT2D eigenvalue weighted by Crippen LogP contribution is -2.45. The molecule has 0 atom stereocenters. The molecule has 1 saturated carbocycles. The van der Waals surface area contributed by atoms with Gasteiger partial charge in [-0.2, -0.15) is 4.31 Å². The van der Waals surface area contributed by atoms with Crippen molar-refractivity contribution in [3.05, 3.63) is 29.3 Å². The van der Waals surface area contributed by atoms with Gasteiger partial charge in [0.05, 0.1) is 4.90 Å². The molecular formula is C14H20ClNO2S. The summed E-state index contributed by atoms with van der Waals surface area (Å²) in [7, 11) is -3.41. The average molecular weight is 302 g/mol. The molecule has 1 fully saturated rings. The Morgan fingerprint density at radius 3 is 2.42 bits per heavy atom. The Morgan fingerprint density at radius 2 is 1.95 bits per heavy atom. The van der Waals surface area contributed by atoms with E-state index in [2.05, 4.69) is 0 Å². The maximum absolute atomic E-state index is 12.7. The molecule has 0 saturated heterocycles. The van der Waals surface area contributed by atoms with Gasteiger partial charge in [-0.25, -0.2) is 8.42 Å². The fourth-order valence-corrected chi connectivity index (χ4v) is 4.32. The van der Waals surface area contributed by atoms with Crippen LogP contribution >= 0.6 is 11.6 Å². The number of aryl methyl sites for hydroxylation is 2. The van der Waals surface area contributed by atoms with Gasteiger partial charge in [0.15, 0.2) is 0 Å². The molecule has 0 radical (unpaired) electrons. The van der Waals surface area contributed by atoms with Crippen LogP contribution in [0.4, 0.5) is 0 Å². The predicted molar refractivity (Wildman–Crippen MR) is 78.2 cm³/mol. The minimum absolute atomic E-state index is 0.130. The van der Waals surface area contributed by atoms with Gasteiger partial charge in [-0.1, -0.05) is 12.5 Å². The maximum atomic E-state index is 12.7. The SMILES string of the molecule is Cc1ccc(S(=O)(=O)N(CCCl)C2CCC2)cc1C. The van der Waals surface area contributed by atoms with Gasteiger partial charge in [-0.3, -0.25) is 0 Å². The van der Waals surface area contributed by atoms with Gasteiger partial charge in [0.2, 0.25) is 10.0 Å². The molecule has 0 amide bonds. The van der Waals surface area contributed by atoms with E-state index in [1.807, 2.05) is 19.9 Å². The molecule has 0 heterocycles. The summed E-state index contributed by atoms with van der Waals surface area (Å²) < 4.78 is 27.0. The Bertz CT molecular complexity index is 553. The number of halogens is 1. The van der Waals surface area contributed by atoms with E-state index in [4.69, 9.17) is 11.6 Å². The van der Waals surface area contributed by atoms with Gasteiger partial charge in [0, 0.05) is 18.5 Å². The second kappa shape index (κ2) is 5.81. The molecule has 1 aliphatic carbocycles. The Labute approximate surface area is 120 Å². The lowest BCUT2D eigenvalue weighted by atomic mass is 9.93. The van der Waals surface area contributed by atoms with Crippen molar-refractivity contribution in [2.45, 2.75) is 44.0 Å². The van der Waals surface area contributed by atoms with E-state index in [0.717, 1.165) is 30.4 Å². The first kappa shape index (κ1) is 14.8. The number of sulfonamides is 1. The minimum atomic E-state index is -3.41. The van der Waals surface area contributed by atoms with Crippen molar-refractivity contribution < 1.29 is 8.42 Å². The third-order valence-electron chi connectivity index (χ3n) is 3.87. The number of alkyl halides is 1. The fraction of sp³-hybridized carbons (Fsp3) is 0.571. The van der Waals surface area contributed by atoms with Crippen LogP contribution in [0.1, 0.15) is 30.4 Å². The fourth-order valence-electron chi connectivity index (χ4n) is 2.27. The van der Waals surface area contributed by atoms with Gasteiger partial charge < -0.3 is 0 Å². The highest BCUT2D eigenvalue weighted by Crippen LogP contribution is 2.30. The van der Waals surface area contributed by atoms with Crippen LogP contribution in [0.5, 0.6) is 0 Å². The third-order valence-corrected chi connectivity index (χ3v) is 5.99. The summed E-state index contributed by atoms with van der Waals surface area (Å²) in [5, 5.41) is 0. The summed E-state index contributed by atoms with van der Waals surface area (Å²) in [5.41, 5.74) is 2.10. The van der Waals surface area contributed by atoms with Gasteiger partial charge >= 0.3 is 0 Å². The summed E-state index contributed by atoms with van der Waals surface area (Å²) in [5.74, 6) is 0.334. The number of nitrogens with zero attached hydrogens (tertiary/aromatic N) is 1. The molecule has 1 aromatic rings. The molecule has 1 aromatic carbocycles. The number of rotatable bonds is 5. The first-order chi connectivity index (χ1) is 8.96. The van der Waals surface area contributed by atoms with E-state index in [-0.39, 0.29) is 6.04 Å². The standard InChI is InChI=1S/C14H20ClNO2S/c1-11-6-7-14(10-12(11)2)19(17,18)16(9-8-15)13-4-3-5-13/h6-7,10,13H,3-5,8-9H2,1-2H3. The largest absolute Gasteiger partial charge is 0.243 e. The van der Waals surface area contributed by atoms with E-state index in [0.29, 0.717) is 17.3 Å². The van der Waals surface area contributed by atoms with Crippen molar-refractivity contribution >= 4 is 21.6 Å². The summed E-state index contributed by atoms with van der Waals surface area (Å²) in [6.45, 7) is 4.30. The van der Waals surface area contributed by atoms with Crippen molar-refractivity contribution in [2.24, 2.45) is 0 Å². The maximum Gasteiger partial charge on any atom is 0.243 e. The minimum Gasteiger partial charge on any atom is -0.207 e. The third kappa shape index (κ3) is 2.96. The first-order valence-electron chi connectivity index (χ1n) is 6.62. The lowest BCUT2D eigenvalue weighted by Gasteiger charge is -2.36. The molecule has 19 heavy (non-hydrogen) atoms. The molecule has 106 valence electrons. The highest BCUT2D eigenvalue weighted by Gasteiger charge is 2.34. The highest BCUT2D eigenvalue weighted by molar-refractivity contribution is 7.89. The van der Waals surface area contributed by atoms with Crippen molar-refractivity contribution in [1.29, 1.82) is 0 Å². The molecule has 2 rings (SSSR count). The average Bonchev–Trinajstić information content (AvgIpc) is 2.29. The molecular weight excluding hydrogens is 282 g/mol. The van der Waals surface area contributed by atoms with E-state index in [1.54, 1.807) is 16.4 Å². The summed E-state index contributed by atoms with van der Waals surface area (Å²) in [4.78, 5) is 0.382. The lowest BCUT2D eigenvalue weighted by molar-refractivity contribution is 0.227. The Morgan fingerprint density at radius 1 is 1.26 bits per heavy atom. The second-order valence-corrected chi connectivity index (χ2v) is 7.40. The van der Waals surface area contributed by atoms with Crippen LogP contribution in [-0.2, 0) is 10.0 Å². The monoisotopic (exact) mass is 301 g/mol. The molecule has 5 heteroatoms. The van der Waals surface area contributed by atoms with E-state index in [1.165, 1.54) is 0 Å². The van der Waals surface area contributed by atoms with Gasteiger partial charge in [-0.15, -0.1) is 11.6 Å². The molecule has 1 aliphatic rings. The van der Waals surface area contributed by atoms with E-state index in [9.17, 15) is 8.42 Å². The van der Waals surface area contributed by atoms with Crippen molar-refractivity contribution in [1.82, 2.24) is 4.31 Å². The molecule has 0 unspecified atom stereocenters. The van der Waals surface area contributed by atoms with Gasteiger partial charge in [0.25, 0.3) is 0 Å². The molecule has 0 spiro atoms. The molecule has 3 nitrogen and oxygen atoms in total. The van der Waals surface area contributed by atoms with Crippen LogP contribution in [0, 0.1) is 13.8 Å². The quantitative estimate of drug-likeness (QED) is 0.784. The summed E-state index contributed by atoms with van der Waals surface area (Å²) in [6.07, 6.45) is 2.99.